The molecule has 0 saturated heterocycles. The molecule has 4 fully saturated rings. The van der Waals surface area contributed by atoms with Crippen LogP contribution < -0.4 is 0 Å². The maximum atomic E-state index is 13.2. The molecule has 148 valence electrons. The highest BCUT2D eigenvalue weighted by Crippen LogP contribution is 2.64. The third-order valence-corrected chi connectivity index (χ3v) is 7.24. The second-order valence-corrected chi connectivity index (χ2v) is 10.1. The van der Waals surface area contributed by atoms with Crippen molar-refractivity contribution in [2.24, 2.45) is 17.3 Å². The van der Waals surface area contributed by atoms with Crippen molar-refractivity contribution in [2.75, 3.05) is 0 Å². The minimum atomic E-state index is -0.571. The fraction of sp³-hybridized carbons (Fsp3) is 0.591. The Balaban J connectivity index is 1.31. The van der Waals surface area contributed by atoms with Gasteiger partial charge in [0.2, 0.25) is 5.89 Å². The Morgan fingerprint density at radius 2 is 1.86 bits per heavy atom. The Morgan fingerprint density at radius 1 is 1.18 bits per heavy atom. The zero-order chi connectivity index (χ0) is 19.5. The van der Waals surface area contributed by atoms with Crippen LogP contribution in [0.15, 0.2) is 28.7 Å². The lowest BCUT2D eigenvalue weighted by Gasteiger charge is -2.58. The Hall–Kier alpha value is -1.88. The van der Waals surface area contributed by atoms with Gasteiger partial charge in [0, 0.05) is 10.4 Å². The molecule has 0 N–H and O–H groups in total. The number of halogens is 1. The quantitative estimate of drug-likeness (QED) is 0.519. The number of aryl methyl sites for hydroxylation is 1. The van der Waals surface area contributed by atoms with Crippen molar-refractivity contribution in [3.8, 4) is 11.5 Å². The first-order valence-electron chi connectivity index (χ1n) is 10.1. The zero-order valence-corrected chi connectivity index (χ0v) is 17.0. The van der Waals surface area contributed by atoms with E-state index in [0.29, 0.717) is 23.6 Å². The smallest absolute Gasteiger partial charge is 0.312 e. The van der Waals surface area contributed by atoms with Crippen molar-refractivity contribution in [2.45, 2.75) is 63.4 Å². The molecule has 4 aliphatic carbocycles. The van der Waals surface area contributed by atoms with E-state index in [0.717, 1.165) is 37.7 Å². The maximum absolute atomic E-state index is 13.2. The summed E-state index contributed by atoms with van der Waals surface area (Å²) in [4.78, 5) is 13.0. The second-order valence-electron chi connectivity index (χ2n) is 9.25. The number of hydrogen-bond donors (Lipinski definition) is 0. The fourth-order valence-corrected chi connectivity index (χ4v) is 6.63. The van der Waals surface area contributed by atoms with Crippen LogP contribution in [0, 0.1) is 24.2 Å². The molecule has 4 aliphatic rings. The summed E-state index contributed by atoms with van der Waals surface area (Å²) in [5.74, 6) is 1.73. The van der Waals surface area contributed by atoms with Crippen molar-refractivity contribution in [3.63, 3.8) is 0 Å². The predicted octanol–water partition coefficient (Wildman–Crippen LogP) is 5.23. The molecule has 4 bridgehead atoms. The van der Waals surface area contributed by atoms with Crippen LogP contribution in [0.4, 0.5) is 0 Å². The standard InChI is InChI=1S/C22H25ClN2O3/c1-13-3-5-17(6-4-13)19-25-24-18(28-19)14(2)27-20(26)21-8-15-7-16(9-21)11-22(23,10-15)12-21/h3-6,14-16H,7-12H2,1-2H3/t14-,15-,16+,21?,22?/m1/s1. The van der Waals surface area contributed by atoms with Gasteiger partial charge in [0.25, 0.3) is 5.89 Å². The SMILES string of the molecule is Cc1ccc(-c2nnc([C@@H](C)OC(=O)C34C[C@@H]5C[C@@H](CC(Cl)(C5)C3)C4)o2)cc1. The Bertz CT molecular complexity index is 893. The zero-order valence-electron chi connectivity index (χ0n) is 16.3. The van der Waals surface area contributed by atoms with E-state index in [9.17, 15) is 4.79 Å². The van der Waals surface area contributed by atoms with Gasteiger partial charge in [-0.05, 0) is 76.3 Å². The van der Waals surface area contributed by atoms with Crippen molar-refractivity contribution >= 4 is 17.6 Å². The van der Waals surface area contributed by atoms with Crippen molar-refractivity contribution < 1.29 is 13.9 Å². The molecule has 2 aromatic rings. The first kappa shape index (κ1) is 18.2. The van der Waals surface area contributed by atoms with Gasteiger partial charge in [0.15, 0.2) is 6.10 Å². The number of rotatable bonds is 4. The van der Waals surface area contributed by atoms with E-state index in [1.807, 2.05) is 31.2 Å². The van der Waals surface area contributed by atoms with Crippen LogP contribution in [-0.4, -0.2) is 21.0 Å². The monoisotopic (exact) mass is 400 g/mol. The van der Waals surface area contributed by atoms with Crippen LogP contribution in [0.3, 0.4) is 0 Å². The largest absolute Gasteiger partial charge is 0.452 e. The summed E-state index contributed by atoms with van der Waals surface area (Å²) < 4.78 is 11.6. The second kappa shape index (κ2) is 6.31. The van der Waals surface area contributed by atoms with Crippen molar-refractivity contribution in [3.05, 3.63) is 35.7 Å². The molecule has 4 saturated carbocycles. The highest BCUT2D eigenvalue weighted by atomic mass is 35.5. The number of carbonyl (C=O) groups is 1. The molecule has 6 rings (SSSR count). The molecule has 1 aromatic carbocycles. The van der Waals surface area contributed by atoms with Crippen molar-refractivity contribution in [1.29, 1.82) is 0 Å². The molecule has 5 nitrogen and oxygen atoms in total. The number of esters is 1. The highest BCUT2D eigenvalue weighted by molar-refractivity contribution is 6.24. The number of aromatic nitrogens is 2. The molecule has 0 radical (unpaired) electrons. The summed E-state index contributed by atoms with van der Waals surface area (Å²) in [6.07, 6.45) is 5.27. The number of carbonyl (C=O) groups excluding carboxylic acids is 1. The van der Waals surface area contributed by atoms with E-state index in [1.165, 1.54) is 12.0 Å². The summed E-state index contributed by atoms with van der Waals surface area (Å²) in [6, 6.07) is 7.88. The lowest BCUT2D eigenvalue weighted by Crippen LogP contribution is -2.56. The number of hydrogen-bond acceptors (Lipinski definition) is 5. The molecule has 5 atom stereocenters. The van der Waals surface area contributed by atoms with Crippen LogP contribution in [0.1, 0.15) is 63.0 Å². The topological polar surface area (TPSA) is 65.2 Å². The average molecular weight is 401 g/mol. The van der Waals surface area contributed by atoms with Gasteiger partial charge >= 0.3 is 5.97 Å². The van der Waals surface area contributed by atoms with Crippen LogP contribution in [0.25, 0.3) is 11.5 Å². The van der Waals surface area contributed by atoms with Crippen molar-refractivity contribution in [1.82, 2.24) is 10.2 Å². The van der Waals surface area contributed by atoms with Gasteiger partial charge in [-0.1, -0.05) is 17.7 Å². The molecular weight excluding hydrogens is 376 g/mol. The summed E-state index contributed by atoms with van der Waals surface area (Å²) in [5, 5.41) is 8.23. The van der Waals surface area contributed by atoms with Gasteiger partial charge in [0.1, 0.15) is 0 Å². The van der Waals surface area contributed by atoms with E-state index in [-0.39, 0.29) is 10.8 Å². The molecule has 6 heteroatoms. The first-order valence-corrected chi connectivity index (χ1v) is 10.5. The molecule has 1 heterocycles. The van der Waals surface area contributed by atoms with Gasteiger partial charge in [-0.15, -0.1) is 21.8 Å². The minimum absolute atomic E-state index is 0.144. The number of alkyl halides is 1. The van der Waals surface area contributed by atoms with E-state index in [4.69, 9.17) is 20.8 Å². The summed E-state index contributed by atoms with van der Waals surface area (Å²) >= 11 is 6.85. The Morgan fingerprint density at radius 3 is 2.50 bits per heavy atom. The van der Waals surface area contributed by atoms with Gasteiger partial charge in [0.05, 0.1) is 5.41 Å². The average Bonchev–Trinajstić information content (AvgIpc) is 3.10. The molecule has 0 spiro atoms. The van der Waals surface area contributed by atoms with Gasteiger partial charge in [-0.25, -0.2) is 0 Å². The van der Waals surface area contributed by atoms with E-state index in [2.05, 4.69) is 10.2 Å². The number of nitrogens with zero attached hydrogens (tertiary/aromatic N) is 2. The normalized spacial score (nSPS) is 34.4. The Labute approximate surface area is 169 Å². The van der Waals surface area contributed by atoms with E-state index in [1.54, 1.807) is 6.92 Å². The first-order chi connectivity index (χ1) is 13.3. The van der Waals surface area contributed by atoms with Gasteiger partial charge in [-0.2, -0.15) is 0 Å². The predicted molar refractivity (Wildman–Crippen MR) is 105 cm³/mol. The van der Waals surface area contributed by atoms with Crippen LogP contribution >= 0.6 is 11.6 Å². The fourth-order valence-electron chi connectivity index (χ4n) is 5.94. The van der Waals surface area contributed by atoms with Gasteiger partial charge in [-0.3, -0.25) is 4.79 Å². The molecule has 28 heavy (non-hydrogen) atoms. The van der Waals surface area contributed by atoms with Gasteiger partial charge < -0.3 is 9.15 Å². The van der Waals surface area contributed by atoms with Crippen LogP contribution in [0.2, 0.25) is 0 Å². The lowest BCUT2D eigenvalue weighted by atomic mass is 9.49. The third-order valence-electron chi connectivity index (χ3n) is 6.79. The molecular formula is C22H25ClN2O3. The third kappa shape index (κ3) is 3.04. The Kier molecular flexibility index (Phi) is 4.10. The molecule has 1 aromatic heterocycles. The molecule has 0 aliphatic heterocycles. The number of benzene rings is 1. The van der Waals surface area contributed by atoms with Crippen LogP contribution in [0.5, 0.6) is 0 Å². The lowest BCUT2D eigenvalue weighted by molar-refractivity contribution is -0.176. The van der Waals surface area contributed by atoms with Crippen LogP contribution in [-0.2, 0) is 9.53 Å². The molecule has 0 amide bonds. The summed E-state index contributed by atoms with van der Waals surface area (Å²) in [7, 11) is 0. The highest BCUT2D eigenvalue weighted by Gasteiger charge is 2.61. The van der Waals surface area contributed by atoms with E-state index < -0.39 is 11.5 Å². The van der Waals surface area contributed by atoms with E-state index >= 15 is 0 Å². The summed E-state index contributed by atoms with van der Waals surface area (Å²) in [5.41, 5.74) is 1.59. The summed E-state index contributed by atoms with van der Waals surface area (Å²) in [6.45, 7) is 3.82. The number of ether oxygens (including phenoxy) is 1. The minimum Gasteiger partial charge on any atom is -0.452 e. The molecule has 2 unspecified atom stereocenters. The maximum Gasteiger partial charge on any atom is 0.312 e.